The fraction of sp³-hybridized carbons (Fsp3) is 0.240. The van der Waals surface area contributed by atoms with E-state index in [0.717, 1.165) is 54.3 Å². The Bertz CT molecular complexity index is 1040. The number of aliphatic imine (C=N–C) groups is 2. The van der Waals surface area contributed by atoms with Crippen LogP contribution in [0.5, 0.6) is 0 Å². The van der Waals surface area contributed by atoms with Crippen LogP contribution in [0.25, 0.3) is 0 Å². The monoisotopic (exact) mass is 525 g/mol. The van der Waals surface area contributed by atoms with Crippen molar-refractivity contribution in [3.05, 3.63) is 85.1 Å². The third-order valence-electron chi connectivity index (χ3n) is 4.85. The van der Waals surface area contributed by atoms with Crippen molar-refractivity contribution in [1.82, 2.24) is 4.98 Å². The van der Waals surface area contributed by atoms with Gasteiger partial charge in [-0.1, -0.05) is 18.2 Å². The van der Waals surface area contributed by atoms with Gasteiger partial charge in [0.2, 0.25) is 0 Å². The molecule has 30 heavy (non-hydrogen) atoms. The summed E-state index contributed by atoms with van der Waals surface area (Å²) in [5.74, 6) is 0. The fourth-order valence-electron chi connectivity index (χ4n) is 3.39. The third kappa shape index (κ3) is 5.13. The van der Waals surface area contributed by atoms with Crippen LogP contribution in [0.4, 0.5) is 11.4 Å². The van der Waals surface area contributed by atoms with E-state index in [4.69, 9.17) is 15.0 Å². The minimum atomic E-state index is 0.841. The molecule has 2 aromatic carbocycles. The Morgan fingerprint density at radius 2 is 1.10 bits per heavy atom. The summed E-state index contributed by atoms with van der Waals surface area (Å²) in [5.41, 5.74) is 9.98. The van der Waals surface area contributed by atoms with Gasteiger partial charge in [0.05, 0.1) is 34.2 Å². The van der Waals surface area contributed by atoms with Crippen LogP contribution in [-0.2, 0) is 0 Å². The molecule has 0 aliphatic carbocycles. The average Bonchev–Trinajstić information content (AvgIpc) is 2.67. The highest BCUT2D eigenvalue weighted by atomic mass is 79.9. The average molecular weight is 527 g/mol. The molecule has 0 atom stereocenters. The molecule has 0 unspecified atom stereocenters. The normalized spacial score (nSPS) is 12.4. The second-order valence-electron chi connectivity index (χ2n) is 7.63. The molecule has 0 amide bonds. The second kappa shape index (κ2) is 9.36. The van der Waals surface area contributed by atoms with E-state index in [-0.39, 0.29) is 0 Å². The SMILES string of the molecule is C/C(=N\c1c(C)cc(C)cc1Br)c1cccc(/C(C)=N/c2c(C)cc(C)cc2Br)n1. The predicted octanol–water partition coefficient (Wildman–Crippen LogP) is 8.12. The molecular formula is C25H25Br2N3. The lowest BCUT2D eigenvalue weighted by Crippen LogP contribution is -2.05. The van der Waals surface area contributed by atoms with Crippen molar-refractivity contribution in [2.45, 2.75) is 41.5 Å². The maximum Gasteiger partial charge on any atom is 0.0849 e. The first kappa shape index (κ1) is 22.6. The lowest BCUT2D eigenvalue weighted by Gasteiger charge is -2.09. The molecule has 154 valence electrons. The van der Waals surface area contributed by atoms with Gasteiger partial charge in [-0.05, 0) is 120 Å². The van der Waals surface area contributed by atoms with Crippen LogP contribution in [0.2, 0.25) is 0 Å². The largest absolute Gasteiger partial charge is 0.250 e. The van der Waals surface area contributed by atoms with Gasteiger partial charge in [0, 0.05) is 8.95 Å². The van der Waals surface area contributed by atoms with E-state index in [9.17, 15) is 0 Å². The zero-order valence-electron chi connectivity index (χ0n) is 18.1. The summed E-state index contributed by atoms with van der Waals surface area (Å²) in [7, 11) is 0. The number of hydrogen-bond donors (Lipinski definition) is 0. The number of aryl methyl sites for hydroxylation is 4. The third-order valence-corrected chi connectivity index (χ3v) is 6.06. The molecule has 0 aliphatic rings. The minimum Gasteiger partial charge on any atom is -0.250 e. The summed E-state index contributed by atoms with van der Waals surface area (Å²) < 4.78 is 1.99. The number of rotatable bonds is 4. The van der Waals surface area contributed by atoms with Crippen LogP contribution < -0.4 is 0 Å². The Hall–Kier alpha value is -2.11. The van der Waals surface area contributed by atoms with E-state index in [1.165, 1.54) is 11.1 Å². The maximum atomic E-state index is 4.85. The first-order valence-electron chi connectivity index (χ1n) is 9.77. The van der Waals surface area contributed by atoms with Crippen molar-refractivity contribution in [2.75, 3.05) is 0 Å². The number of halogens is 2. The number of benzene rings is 2. The van der Waals surface area contributed by atoms with Gasteiger partial charge in [-0.15, -0.1) is 0 Å². The van der Waals surface area contributed by atoms with Crippen molar-refractivity contribution in [2.24, 2.45) is 9.98 Å². The molecule has 0 saturated heterocycles. The van der Waals surface area contributed by atoms with E-state index in [0.29, 0.717) is 0 Å². The topological polar surface area (TPSA) is 37.6 Å². The minimum absolute atomic E-state index is 0.841. The summed E-state index contributed by atoms with van der Waals surface area (Å²) in [6.07, 6.45) is 0. The lowest BCUT2D eigenvalue weighted by atomic mass is 10.1. The summed E-state index contributed by atoms with van der Waals surface area (Å²) in [6, 6.07) is 14.4. The van der Waals surface area contributed by atoms with Crippen LogP contribution in [0, 0.1) is 27.7 Å². The number of nitrogens with zero attached hydrogens (tertiary/aromatic N) is 3. The van der Waals surface area contributed by atoms with Crippen molar-refractivity contribution in [1.29, 1.82) is 0 Å². The molecule has 0 radical (unpaired) electrons. The van der Waals surface area contributed by atoms with Crippen molar-refractivity contribution in [3.63, 3.8) is 0 Å². The van der Waals surface area contributed by atoms with Crippen molar-refractivity contribution >= 4 is 54.7 Å². The first-order chi connectivity index (χ1) is 14.2. The molecule has 0 saturated carbocycles. The Morgan fingerprint density at radius 3 is 1.47 bits per heavy atom. The Kier molecular flexibility index (Phi) is 7.04. The van der Waals surface area contributed by atoms with Crippen molar-refractivity contribution in [3.8, 4) is 0 Å². The van der Waals surface area contributed by atoms with Crippen molar-refractivity contribution < 1.29 is 0 Å². The molecule has 0 spiro atoms. The zero-order valence-corrected chi connectivity index (χ0v) is 21.3. The van der Waals surface area contributed by atoms with Gasteiger partial charge >= 0.3 is 0 Å². The Morgan fingerprint density at radius 1 is 0.700 bits per heavy atom. The van der Waals surface area contributed by atoms with Crippen LogP contribution >= 0.6 is 31.9 Å². The smallest absolute Gasteiger partial charge is 0.0849 e. The number of aromatic nitrogens is 1. The number of pyridine rings is 1. The van der Waals surface area contributed by atoms with Crippen LogP contribution in [0.15, 0.2) is 61.4 Å². The summed E-state index contributed by atoms with van der Waals surface area (Å²) >= 11 is 7.28. The zero-order chi connectivity index (χ0) is 22.0. The standard InChI is InChI=1S/C25H25Br2N3/c1-14-10-16(3)24(20(26)12-14)28-18(5)22-8-7-9-23(30-22)19(6)29-25-17(4)11-15(2)13-21(25)27/h7-13H,1-6H3/b28-18+,29-19+. The van der Waals surface area contributed by atoms with Gasteiger partial charge in [0.25, 0.3) is 0 Å². The molecule has 3 rings (SSSR count). The second-order valence-corrected chi connectivity index (χ2v) is 9.34. The molecule has 3 aromatic rings. The highest BCUT2D eigenvalue weighted by Gasteiger charge is 2.10. The molecule has 0 fully saturated rings. The molecule has 5 heteroatoms. The van der Waals surface area contributed by atoms with E-state index >= 15 is 0 Å². The Balaban J connectivity index is 1.99. The van der Waals surface area contributed by atoms with Crippen LogP contribution in [-0.4, -0.2) is 16.4 Å². The molecule has 1 heterocycles. The summed E-state index contributed by atoms with van der Waals surface area (Å²) in [6.45, 7) is 12.3. The molecule has 0 aliphatic heterocycles. The molecule has 0 N–H and O–H groups in total. The van der Waals surface area contributed by atoms with Gasteiger partial charge in [-0.25, -0.2) is 4.98 Å². The predicted molar refractivity (Wildman–Crippen MR) is 135 cm³/mol. The first-order valence-corrected chi connectivity index (χ1v) is 11.4. The molecular weight excluding hydrogens is 502 g/mol. The Labute approximate surface area is 195 Å². The summed E-state index contributed by atoms with van der Waals surface area (Å²) in [5, 5.41) is 0. The van der Waals surface area contributed by atoms with Gasteiger partial charge in [0.1, 0.15) is 0 Å². The molecule has 3 nitrogen and oxygen atoms in total. The van der Waals surface area contributed by atoms with Gasteiger partial charge < -0.3 is 0 Å². The van der Waals surface area contributed by atoms with Gasteiger partial charge in [-0.2, -0.15) is 0 Å². The van der Waals surface area contributed by atoms with Gasteiger partial charge in [0.15, 0.2) is 0 Å². The van der Waals surface area contributed by atoms with E-state index in [1.807, 2.05) is 32.0 Å². The quantitative estimate of drug-likeness (QED) is 0.316. The summed E-state index contributed by atoms with van der Waals surface area (Å²) in [4.78, 5) is 14.5. The van der Waals surface area contributed by atoms with E-state index in [1.54, 1.807) is 0 Å². The highest BCUT2D eigenvalue weighted by Crippen LogP contribution is 2.32. The van der Waals surface area contributed by atoms with E-state index < -0.39 is 0 Å². The number of hydrogen-bond acceptors (Lipinski definition) is 3. The lowest BCUT2D eigenvalue weighted by molar-refractivity contribution is 1.23. The maximum absolute atomic E-state index is 4.85. The van der Waals surface area contributed by atoms with Crippen LogP contribution in [0.3, 0.4) is 0 Å². The fourth-order valence-corrected chi connectivity index (χ4v) is 4.91. The van der Waals surface area contributed by atoms with Crippen LogP contribution in [0.1, 0.15) is 47.5 Å². The molecule has 1 aromatic heterocycles. The highest BCUT2D eigenvalue weighted by molar-refractivity contribution is 9.11. The van der Waals surface area contributed by atoms with Gasteiger partial charge in [-0.3, -0.25) is 9.98 Å². The molecule has 0 bridgehead atoms. The van der Waals surface area contributed by atoms with E-state index in [2.05, 4.69) is 83.8 Å².